The Morgan fingerprint density at radius 2 is 1.78 bits per heavy atom. The van der Waals surface area contributed by atoms with E-state index in [1.807, 2.05) is 19.1 Å². The van der Waals surface area contributed by atoms with Gasteiger partial charge in [0.15, 0.2) is 5.78 Å². The molecular weight excluding hydrogens is 314 g/mol. The van der Waals surface area contributed by atoms with Gasteiger partial charge >= 0.3 is 0 Å². The van der Waals surface area contributed by atoms with Crippen LogP contribution in [0.2, 0.25) is 5.02 Å². The molecule has 1 N–H and O–H groups in total. The van der Waals surface area contributed by atoms with Crippen molar-refractivity contribution in [2.75, 3.05) is 19.5 Å². The van der Waals surface area contributed by atoms with Crippen LogP contribution in [0, 0.1) is 0 Å². The Balaban J connectivity index is 2.19. The van der Waals surface area contributed by atoms with Crippen LogP contribution in [0.15, 0.2) is 54.2 Å². The molecule has 0 aliphatic rings. The Bertz CT molecular complexity index is 724. The maximum atomic E-state index is 12.2. The van der Waals surface area contributed by atoms with Gasteiger partial charge in [0.05, 0.1) is 19.9 Å². The first-order valence-electron chi connectivity index (χ1n) is 7.00. The highest BCUT2D eigenvalue weighted by atomic mass is 35.5. The average molecular weight is 332 g/mol. The first-order chi connectivity index (χ1) is 11.0. The molecule has 0 saturated heterocycles. The van der Waals surface area contributed by atoms with Crippen molar-refractivity contribution in [3.05, 3.63) is 64.8 Å². The molecule has 0 heterocycles. The summed E-state index contributed by atoms with van der Waals surface area (Å²) in [6, 6.07) is 12.2. The zero-order valence-electron chi connectivity index (χ0n) is 13.2. The van der Waals surface area contributed by atoms with Crippen LogP contribution in [0.1, 0.15) is 17.3 Å². The monoisotopic (exact) mass is 331 g/mol. The Morgan fingerprint density at radius 1 is 1.09 bits per heavy atom. The van der Waals surface area contributed by atoms with Crippen molar-refractivity contribution in [3.8, 4) is 11.5 Å². The van der Waals surface area contributed by atoms with Crippen molar-refractivity contribution in [2.45, 2.75) is 6.92 Å². The second kappa shape index (κ2) is 7.70. The molecule has 0 aromatic heterocycles. The number of allylic oxidation sites excluding steroid dienone is 2. The summed E-state index contributed by atoms with van der Waals surface area (Å²) in [6.45, 7) is 1.81. The number of anilines is 1. The lowest BCUT2D eigenvalue weighted by Gasteiger charge is -2.12. The lowest BCUT2D eigenvalue weighted by Crippen LogP contribution is -2.03. The minimum absolute atomic E-state index is 0.103. The Hall–Kier alpha value is -2.46. The first kappa shape index (κ1) is 16.9. The highest BCUT2D eigenvalue weighted by Crippen LogP contribution is 2.29. The lowest BCUT2D eigenvalue weighted by molar-refractivity contribution is 0.104. The number of carbonyl (C=O) groups excluding carboxylic acids is 1. The Morgan fingerprint density at radius 3 is 2.39 bits per heavy atom. The van der Waals surface area contributed by atoms with Crippen LogP contribution in [-0.2, 0) is 0 Å². The third kappa shape index (κ3) is 4.50. The molecule has 0 radical (unpaired) electrons. The number of hydrogen-bond acceptors (Lipinski definition) is 4. The molecular formula is C18H18ClNO3. The summed E-state index contributed by atoms with van der Waals surface area (Å²) < 4.78 is 10.5. The molecule has 0 unspecified atom stereocenters. The van der Waals surface area contributed by atoms with Gasteiger partial charge in [0.25, 0.3) is 0 Å². The standard InChI is InChI=1S/C18H18ClNO3/c1-12(10-17(21)13-4-6-14(19)7-5-13)20-16-11-15(22-2)8-9-18(16)23-3/h4-11,20H,1-3H3. The van der Waals surface area contributed by atoms with Crippen molar-refractivity contribution in [3.63, 3.8) is 0 Å². The molecule has 2 aromatic rings. The van der Waals surface area contributed by atoms with Crippen LogP contribution < -0.4 is 14.8 Å². The van der Waals surface area contributed by atoms with E-state index in [2.05, 4.69) is 5.32 Å². The van der Waals surface area contributed by atoms with E-state index in [4.69, 9.17) is 21.1 Å². The van der Waals surface area contributed by atoms with Crippen molar-refractivity contribution in [1.82, 2.24) is 0 Å². The molecule has 0 atom stereocenters. The topological polar surface area (TPSA) is 47.6 Å². The summed E-state index contributed by atoms with van der Waals surface area (Å²) in [4.78, 5) is 12.2. The largest absolute Gasteiger partial charge is 0.497 e. The van der Waals surface area contributed by atoms with E-state index in [0.29, 0.717) is 27.8 Å². The van der Waals surface area contributed by atoms with Crippen LogP contribution in [0.3, 0.4) is 0 Å². The molecule has 0 spiro atoms. The predicted molar refractivity (Wildman–Crippen MR) is 92.7 cm³/mol. The molecule has 0 fully saturated rings. The fourth-order valence-electron chi connectivity index (χ4n) is 2.05. The Labute approximate surface area is 140 Å². The third-order valence-corrected chi connectivity index (χ3v) is 3.47. The lowest BCUT2D eigenvalue weighted by atomic mass is 10.1. The molecule has 0 bridgehead atoms. The fourth-order valence-corrected chi connectivity index (χ4v) is 2.18. The smallest absolute Gasteiger partial charge is 0.187 e. The second-order valence-electron chi connectivity index (χ2n) is 4.89. The summed E-state index contributed by atoms with van der Waals surface area (Å²) in [7, 11) is 3.18. The number of methoxy groups -OCH3 is 2. The predicted octanol–water partition coefficient (Wildman–Crippen LogP) is 4.56. The zero-order valence-corrected chi connectivity index (χ0v) is 14.0. The molecule has 0 saturated carbocycles. The van der Waals surface area contributed by atoms with Crippen LogP contribution in [0.5, 0.6) is 11.5 Å². The molecule has 120 valence electrons. The van der Waals surface area contributed by atoms with Gasteiger partial charge in [-0.15, -0.1) is 0 Å². The van der Waals surface area contributed by atoms with Gasteiger partial charge in [-0.3, -0.25) is 4.79 Å². The highest BCUT2D eigenvalue weighted by Gasteiger charge is 2.07. The first-order valence-corrected chi connectivity index (χ1v) is 7.38. The quantitative estimate of drug-likeness (QED) is 0.623. The van der Waals surface area contributed by atoms with Gasteiger partial charge in [-0.2, -0.15) is 0 Å². The maximum Gasteiger partial charge on any atom is 0.187 e. The number of benzene rings is 2. The number of nitrogens with one attached hydrogen (secondary N) is 1. The van der Waals surface area contributed by atoms with Gasteiger partial charge in [0, 0.05) is 28.4 Å². The second-order valence-corrected chi connectivity index (χ2v) is 5.33. The van der Waals surface area contributed by atoms with Crippen molar-refractivity contribution >= 4 is 23.1 Å². The van der Waals surface area contributed by atoms with E-state index >= 15 is 0 Å². The number of rotatable bonds is 6. The van der Waals surface area contributed by atoms with Crippen LogP contribution in [-0.4, -0.2) is 20.0 Å². The SMILES string of the molecule is COc1ccc(OC)c(NC(C)=CC(=O)c2ccc(Cl)cc2)c1. The number of hydrogen-bond donors (Lipinski definition) is 1. The van der Waals surface area contributed by atoms with Gasteiger partial charge in [-0.05, 0) is 43.3 Å². The Kier molecular flexibility index (Phi) is 5.66. The summed E-state index contributed by atoms with van der Waals surface area (Å²) in [5, 5.41) is 3.76. The number of halogens is 1. The van der Waals surface area contributed by atoms with Gasteiger partial charge in [0.2, 0.25) is 0 Å². The summed E-state index contributed by atoms with van der Waals surface area (Å²) in [5.74, 6) is 1.26. The van der Waals surface area contributed by atoms with Crippen molar-refractivity contribution in [1.29, 1.82) is 0 Å². The van der Waals surface area contributed by atoms with E-state index in [-0.39, 0.29) is 5.78 Å². The molecule has 2 aromatic carbocycles. The van der Waals surface area contributed by atoms with Gasteiger partial charge in [-0.1, -0.05) is 11.6 Å². The summed E-state index contributed by atoms with van der Waals surface area (Å²) in [6.07, 6.45) is 1.53. The van der Waals surface area contributed by atoms with Crippen LogP contribution in [0.25, 0.3) is 0 Å². The van der Waals surface area contributed by atoms with Crippen LogP contribution >= 0.6 is 11.6 Å². The minimum Gasteiger partial charge on any atom is -0.497 e. The van der Waals surface area contributed by atoms with Gasteiger partial charge in [-0.25, -0.2) is 0 Å². The molecule has 0 aliphatic heterocycles. The summed E-state index contributed by atoms with van der Waals surface area (Å²) >= 11 is 5.83. The van der Waals surface area contributed by atoms with Crippen molar-refractivity contribution < 1.29 is 14.3 Å². The van der Waals surface area contributed by atoms with Crippen molar-refractivity contribution in [2.24, 2.45) is 0 Å². The molecule has 5 heteroatoms. The molecule has 23 heavy (non-hydrogen) atoms. The minimum atomic E-state index is -0.103. The van der Waals surface area contributed by atoms with Gasteiger partial charge < -0.3 is 14.8 Å². The molecule has 2 rings (SSSR count). The number of ketones is 1. The maximum absolute atomic E-state index is 12.2. The molecule has 0 aliphatic carbocycles. The van der Waals surface area contributed by atoms with E-state index in [1.165, 1.54) is 6.08 Å². The third-order valence-electron chi connectivity index (χ3n) is 3.21. The zero-order chi connectivity index (χ0) is 16.8. The van der Waals surface area contributed by atoms with E-state index in [0.717, 1.165) is 5.69 Å². The van der Waals surface area contributed by atoms with E-state index in [1.54, 1.807) is 44.6 Å². The number of carbonyl (C=O) groups is 1. The van der Waals surface area contributed by atoms with Gasteiger partial charge in [0.1, 0.15) is 11.5 Å². The number of ether oxygens (including phenoxy) is 2. The summed E-state index contributed by atoms with van der Waals surface area (Å²) in [5.41, 5.74) is 1.99. The van der Waals surface area contributed by atoms with Crippen LogP contribution in [0.4, 0.5) is 5.69 Å². The van der Waals surface area contributed by atoms with E-state index < -0.39 is 0 Å². The average Bonchev–Trinajstić information content (AvgIpc) is 2.55. The van der Waals surface area contributed by atoms with E-state index in [9.17, 15) is 4.79 Å². The molecule has 4 nitrogen and oxygen atoms in total. The normalized spacial score (nSPS) is 11.0. The highest BCUT2D eigenvalue weighted by molar-refractivity contribution is 6.30. The molecule has 0 amide bonds. The fraction of sp³-hybridized carbons (Fsp3) is 0.167.